The van der Waals surface area contributed by atoms with Crippen molar-refractivity contribution in [1.29, 1.82) is 0 Å². The maximum absolute atomic E-state index is 12.2. The van der Waals surface area contributed by atoms with Gasteiger partial charge in [0.05, 0.1) is 22.3 Å². The number of halogens is 2. The highest BCUT2D eigenvalue weighted by molar-refractivity contribution is 9.11. The summed E-state index contributed by atoms with van der Waals surface area (Å²) in [5.74, 6) is 0.428. The Morgan fingerprint density at radius 2 is 1.72 bits per heavy atom. The van der Waals surface area contributed by atoms with Gasteiger partial charge in [0.2, 0.25) is 0 Å². The Labute approximate surface area is 202 Å². The third kappa shape index (κ3) is 6.66. The molecule has 2 N–H and O–H groups in total. The Hall–Kier alpha value is -3.17. The second-order valence-corrected chi connectivity index (χ2v) is 8.16. The van der Waals surface area contributed by atoms with Crippen LogP contribution >= 0.6 is 31.9 Å². The van der Waals surface area contributed by atoms with Crippen molar-refractivity contribution in [2.45, 2.75) is 0 Å². The first kappa shape index (κ1) is 23.5. The van der Waals surface area contributed by atoms with Gasteiger partial charge in [-0.15, -0.1) is 0 Å². The van der Waals surface area contributed by atoms with Gasteiger partial charge in [0.1, 0.15) is 11.5 Å². The van der Waals surface area contributed by atoms with E-state index < -0.39 is 0 Å². The van der Waals surface area contributed by atoms with Crippen molar-refractivity contribution >= 4 is 55.6 Å². The van der Waals surface area contributed by atoms with Gasteiger partial charge < -0.3 is 14.8 Å². The second-order valence-electron chi connectivity index (χ2n) is 6.45. The van der Waals surface area contributed by atoms with E-state index in [9.17, 15) is 9.59 Å². The summed E-state index contributed by atoms with van der Waals surface area (Å²) >= 11 is 6.88. The molecule has 0 atom stereocenters. The van der Waals surface area contributed by atoms with Crippen molar-refractivity contribution in [1.82, 2.24) is 5.43 Å². The van der Waals surface area contributed by atoms with Gasteiger partial charge in [0.25, 0.3) is 11.8 Å². The maximum atomic E-state index is 12.2. The molecule has 0 saturated heterocycles. The molecule has 0 fully saturated rings. The molecule has 32 heavy (non-hydrogen) atoms. The number of methoxy groups -OCH3 is 1. The largest absolute Gasteiger partial charge is 0.497 e. The van der Waals surface area contributed by atoms with Crippen LogP contribution in [0.1, 0.15) is 15.9 Å². The van der Waals surface area contributed by atoms with Crippen LogP contribution in [0.4, 0.5) is 5.69 Å². The maximum Gasteiger partial charge on any atom is 0.271 e. The standard InChI is InChI=1S/C23H19Br2N3O4/c1-31-18-9-5-6-16(12-18)23(30)28-26-13-15-10-19(24)22(20(25)11-15)32-14-21(29)27-17-7-3-2-4-8-17/h2-13H,14H2,1H3,(H,27,29)(H,28,30)/b26-13+. The number of para-hydroxylation sites is 1. The van der Waals surface area contributed by atoms with Gasteiger partial charge in [0, 0.05) is 11.3 Å². The molecule has 0 spiro atoms. The highest BCUT2D eigenvalue weighted by atomic mass is 79.9. The van der Waals surface area contributed by atoms with Crippen LogP contribution in [0.5, 0.6) is 11.5 Å². The summed E-state index contributed by atoms with van der Waals surface area (Å²) in [4.78, 5) is 24.3. The molecule has 0 heterocycles. The van der Waals surface area contributed by atoms with E-state index in [2.05, 4.69) is 47.7 Å². The first-order chi connectivity index (χ1) is 15.5. The Morgan fingerprint density at radius 1 is 1.00 bits per heavy atom. The molecule has 0 aliphatic rings. The predicted molar refractivity (Wildman–Crippen MR) is 130 cm³/mol. The molecule has 0 saturated carbocycles. The van der Waals surface area contributed by atoms with E-state index in [0.29, 0.717) is 37.3 Å². The monoisotopic (exact) mass is 559 g/mol. The Balaban J connectivity index is 1.58. The summed E-state index contributed by atoms with van der Waals surface area (Å²) in [5.41, 5.74) is 4.31. The van der Waals surface area contributed by atoms with Crippen LogP contribution < -0.4 is 20.2 Å². The van der Waals surface area contributed by atoms with Crippen LogP contribution in [0.3, 0.4) is 0 Å². The number of ether oxygens (including phenoxy) is 2. The number of hydrogen-bond donors (Lipinski definition) is 2. The van der Waals surface area contributed by atoms with Crippen molar-refractivity contribution in [2.24, 2.45) is 5.10 Å². The highest BCUT2D eigenvalue weighted by Crippen LogP contribution is 2.34. The summed E-state index contributed by atoms with van der Waals surface area (Å²) in [6, 6.07) is 19.4. The van der Waals surface area contributed by atoms with Crippen LogP contribution in [0.25, 0.3) is 0 Å². The number of carbonyl (C=O) groups is 2. The number of amides is 2. The number of anilines is 1. The Bertz CT molecular complexity index is 1110. The van der Waals surface area contributed by atoms with Gasteiger partial charge in [-0.05, 0) is 79.9 Å². The minimum absolute atomic E-state index is 0.157. The van der Waals surface area contributed by atoms with E-state index in [4.69, 9.17) is 9.47 Å². The van der Waals surface area contributed by atoms with Crippen molar-refractivity contribution in [3.8, 4) is 11.5 Å². The summed E-state index contributed by atoms with van der Waals surface area (Å²) in [5, 5.41) is 6.75. The van der Waals surface area contributed by atoms with Gasteiger partial charge in [-0.2, -0.15) is 5.10 Å². The molecular weight excluding hydrogens is 542 g/mol. The highest BCUT2D eigenvalue weighted by Gasteiger charge is 2.11. The lowest BCUT2D eigenvalue weighted by atomic mass is 10.2. The lowest BCUT2D eigenvalue weighted by Crippen LogP contribution is -2.20. The molecule has 3 rings (SSSR count). The molecule has 2 amide bonds. The average molecular weight is 561 g/mol. The summed E-state index contributed by atoms with van der Waals surface area (Å²) in [7, 11) is 1.54. The first-order valence-electron chi connectivity index (χ1n) is 9.40. The Kier molecular flexibility index (Phi) is 8.41. The molecule has 164 valence electrons. The lowest BCUT2D eigenvalue weighted by Gasteiger charge is -2.11. The molecule has 3 aromatic rings. The summed E-state index contributed by atoms with van der Waals surface area (Å²) in [6.45, 7) is -0.157. The number of nitrogens with zero attached hydrogens (tertiary/aromatic N) is 1. The smallest absolute Gasteiger partial charge is 0.271 e. The molecule has 3 aromatic carbocycles. The first-order valence-corrected chi connectivity index (χ1v) is 11.0. The van der Waals surface area contributed by atoms with Crippen molar-refractivity contribution in [2.75, 3.05) is 19.0 Å². The number of carbonyl (C=O) groups excluding carboxylic acids is 2. The zero-order valence-electron chi connectivity index (χ0n) is 17.0. The molecule has 0 aromatic heterocycles. The molecule has 7 nitrogen and oxygen atoms in total. The van der Waals surface area contributed by atoms with Crippen LogP contribution in [0.2, 0.25) is 0 Å². The second kappa shape index (κ2) is 11.4. The zero-order chi connectivity index (χ0) is 22.9. The zero-order valence-corrected chi connectivity index (χ0v) is 20.1. The van der Waals surface area contributed by atoms with Crippen LogP contribution in [0, 0.1) is 0 Å². The van der Waals surface area contributed by atoms with E-state index in [-0.39, 0.29) is 18.4 Å². The van der Waals surface area contributed by atoms with E-state index in [1.165, 1.54) is 13.3 Å². The molecular formula is C23H19Br2N3O4. The lowest BCUT2D eigenvalue weighted by molar-refractivity contribution is -0.118. The molecule has 0 aliphatic carbocycles. The van der Waals surface area contributed by atoms with Crippen molar-refractivity contribution < 1.29 is 19.1 Å². The third-order valence-corrected chi connectivity index (χ3v) is 5.32. The van der Waals surface area contributed by atoms with E-state index in [1.54, 1.807) is 48.5 Å². The third-order valence-electron chi connectivity index (χ3n) is 4.14. The van der Waals surface area contributed by atoms with Gasteiger partial charge in [0.15, 0.2) is 6.61 Å². The van der Waals surface area contributed by atoms with Gasteiger partial charge in [-0.3, -0.25) is 9.59 Å². The molecule has 0 aliphatic heterocycles. The molecule has 0 radical (unpaired) electrons. The SMILES string of the molecule is COc1cccc(C(=O)N/N=C/c2cc(Br)c(OCC(=O)Nc3ccccc3)c(Br)c2)c1. The Morgan fingerprint density at radius 3 is 2.41 bits per heavy atom. The number of hydrazone groups is 1. The fourth-order valence-electron chi connectivity index (χ4n) is 2.64. The molecule has 0 bridgehead atoms. The fraction of sp³-hybridized carbons (Fsp3) is 0.0870. The van der Waals surface area contributed by atoms with E-state index in [0.717, 1.165) is 0 Å². The summed E-state index contributed by atoms with van der Waals surface area (Å²) < 4.78 is 12.0. The average Bonchev–Trinajstić information content (AvgIpc) is 2.79. The van der Waals surface area contributed by atoms with Crippen LogP contribution in [-0.2, 0) is 4.79 Å². The van der Waals surface area contributed by atoms with Crippen molar-refractivity contribution in [3.63, 3.8) is 0 Å². The summed E-state index contributed by atoms with van der Waals surface area (Å²) in [6.07, 6.45) is 1.50. The fourth-order valence-corrected chi connectivity index (χ4v) is 4.09. The van der Waals surface area contributed by atoms with Gasteiger partial charge in [-0.1, -0.05) is 24.3 Å². The minimum Gasteiger partial charge on any atom is -0.497 e. The van der Waals surface area contributed by atoms with E-state index >= 15 is 0 Å². The van der Waals surface area contributed by atoms with Gasteiger partial charge >= 0.3 is 0 Å². The molecule has 9 heteroatoms. The topological polar surface area (TPSA) is 89.0 Å². The molecule has 0 unspecified atom stereocenters. The number of nitrogens with one attached hydrogen (secondary N) is 2. The van der Waals surface area contributed by atoms with E-state index in [1.807, 2.05) is 18.2 Å². The normalized spacial score (nSPS) is 10.6. The number of hydrogen-bond acceptors (Lipinski definition) is 5. The van der Waals surface area contributed by atoms with Crippen LogP contribution in [-0.4, -0.2) is 31.7 Å². The van der Waals surface area contributed by atoms with Crippen molar-refractivity contribution in [3.05, 3.63) is 86.8 Å². The quantitative estimate of drug-likeness (QED) is 0.300. The van der Waals surface area contributed by atoms with Gasteiger partial charge in [-0.25, -0.2) is 5.43 Å². The predicted octanol–water partition coefficient (Wildman–Crippen LogP) is 5.00. The number of rotatable bonds is 8. The number of benzene rings is 3. The minimum atomic E-state index is -0.359. The van der Waals surface area contributed by atoms with Crippen LogP contribution in [0.15, 0.2) is 80.8 Å².